The minimum absolute atomic E-state index is 0.185. The predicted molar refractivity (Wildman–Crippen MR) is 128 cm³/mol. The fourth-order valence-corrected chi connectivity index (χ4v) is 3.28. The van der Waals surface area contributed by atoms with Crippen LogP contribution < -0.4 is 10.6 Å². The van der Waals surface area contributed by atoms with Crippen molar-refractivity contribution in [2.75, 3.05) is 6.54 Å². The van der Waals surface area contributed by atoms with Gasteiger partial charge in [0.2, 0.25) is 0 Å². The third-order valence-electron chi connectivity index (χ3n) is 4.47. The lowest BCUT2D eigenvalue weighted by molar-refractivity contribution is -0.117. The maximum atomic E-state index is 12.8. The van der Waals surface area contributed by atoms with E-state index in [4.69, 9.17) is 0 Å². The number of hydrogen-bond acceptors (Lipinski definition) is 2. The van der Waals surface area contributed by atoms with Crippen molar-refractivity contribution in [1.29, 1.82) is 0 Å². The number of nitrogens with one attached hydrogen (secondary N) is 2. The van der Waals surface area contributed by atoms with Gasteiger partial charge in [-0.15, -0.1) is 0 Å². The molecule has 0 saturated heterocycles. The molecule has 0 atom stereocenters. The summed E-state index contributed by atoms with van der Waals surface area (Å²) >= 11 is 3.36. The Labute approximate surface area is 190 Å². The van der Waals surface area contributed by atoms with Crippen molar-refractivity contribution in [3.05, 3.63) is 124 Å². The molecule has 3 aromatic rings. The zero-order chi connectivity index (χ0) is 21.9. The van der Waals surface area contributed by atoms with Gasteiger partial charge in [0, 0.05) is 16.6 Å². The molecular weight excluding hydrogens is 452 g/mol. The Balaban J connectivity index is 1.71. The van der Waals surface area contributed by atoms with E-state index in [0.29, 0.717) is 18.5 Å². The standard InChI is InChI=1S/C26H23BrN2O2/c27-23-15-8-14-22(19-23)25(30)29-24(16-7-13-20-9-3-1-4-10-20)26(31)28-18-17-21-11-5-2-6-12-21/h1-16,19H,17-18H2,(H,28,31)(H,29,30)/b13-7+,24-16+. The van der Waals surface area contributed by atoms with E-state index in [0.717, 1.165) is 15.6 Å². The second-order valence-corrected chi connectivity index (χ2v) is 7.72. The fourth-order valence-electron chi connectivity index (χ4n) is 2.88. The third-order valence-corrected chi connectivity index (χ3v) is 4.97. The maximum Gasteiger partial charge on any atom is 0.267 e. The van der Waals surface area contributed by atoms with Crippen LogP contribution in [0.3, 0.4) is 0 Å². The van der Waals surface area contributed by atoms with Gasteiger partial charge in [0.15, 0.2) is 0 Å². The van der Waals surface area contributed by atoms with E-state index in [1.54, 1.807) is 30.4 Å². The summed E-state index contributed by atoms with van der Waals surface area (Å²) in [7, 11) is 0. The highest BCUT2D eigenvalue weighted by Gasteiger charge is 2.14. The van der Waals surface area contributed by atoms with E-state index >= 15 is 0 Å². The summed E-state index contributed by atoms with van der Waals surface area (Å²) in [6.45, 7) is 0.468. The number of carbonyl (C=O) groups excluding carboxylic acids is 2. The molecule has 0 bridgehead atoms. The van der Waals surface area contributed by atoms with E-state index < -0.39 is 0 Å². The molecule has 0 aliphatic rings. The van der Waals surface area contributed by atoms with Crippen molar-refractivity contribution < 1.29 is 9.59 Å². The van der Waals surface area contributed by atoms with Crippen LogP contribution in [0.5, 0.6) is 0 Å². The minimum atomic E-state index is -0.348. The normalized spacial score (nSPS) is 11.3. The summed E-state index contributed by atoms with van der Waals surface area (Å²) in [5, 5.41) is 5.62. The van der Waals surface area contributed by atoms with Crippen LogP contribution in [0.15, 0.2) is 107 Å². The lowest BCUT2D eigenvalue weighted by Crippen LogP contribution is -2.35. The van der Waals surface area contributed by atoms with Crippen molar-refractivity contribution in [3.63, 3.8) is 0 Å². The highest BCUT2D eigenvalue weighted by molar-refractivity contribution is 9.10. The first-order valence-electron chi connectivity index (χ1n) is 9.94. The van der Waals surface area contributed by atoms with Gasteiger partial charge in [-0.05, 0) is 41.8 Å². The molecule has 0 spiro atoms. The van der Waals surface area contributed by atoms with Gasteiger partial charge in [0.1, 0.15) is 5.70 Å². The molecule has 0 radical (unpaired) electrons. The third kappa shape index (κ3) is 7.39. The van der Waals surface area contributed by atoms with Gasteiger partial charge in [-0.1, -0.05) is 94.8 Å². The van der Waals surface area contributed by atoms with Gasteiger partial charge in [-0.2, -0.15) is 0 Å². The Morgan fingerprint density at radius 2 is 1.58 bits per heavy atom. The highest BCUT2D eigenvalue weighted by Crippen LogP contribution is 2.12. The molecule has 3 aromatic carbocycles. The van der Waals surface area contributed by atoms with Crippen molar-refractivity contribution in [2.45, 2.75) is 6.42 Å². The van der Waals surface area contributed by atoms with Crippen molar-refractivity contribution in [1.82, 2.24) is 10.6 Å². The molecule has 2 amide bonds. The van der Waals surface area contributed by atoms with Gasteiger partial charge >= 0.3 is 0 Å². The SMILES string of the molecule is O=C(NCCc1ccccc1)/C(=C\C=C\c1ccccc1)NC(=O)c1cccc(Br)c1. The summed E-state index contributed by atoms with van der Waals surface area (Å²) in [5.41, 5.74) is 2.78. The van der Waals surface area contributed by atoms with E-state index in [1.807, 2.05) is 72.8 Å². The zero-order valence-corrected chi connectivity index (χ0v) is 18.5. The molecular formula is C26H23BrN2O2. The Kier molecular flexibility index (Phi) is 8.38. The molecule has 0 aromatic heterocycles. The number of benzene rings is 3. The molecule has 4 nitrogen and oxygen atoms in total. The van der Waals surface area contributed by atoms with Crippen LogP contribution in [0.1, 0.15) is 21.5 Å². The summed E-state index contributed by atoms with van der Waals surface area (Å²) < 4.78 is 0.793. The van der Waals surface area contributed by atoms with E-state index in [1.165, 1.54) is 0 Å². The van der Waals surface area contributed by atoms with E-state index in [9.17, 15) is 9.59 Å². The van der Waals surface area contributed by atoms with Crippen LogP contribution >= 0.6 is 15.9 Å². The molecule has 31 heavy (non-hydrogen) atoms. The van der Waals surface area contributed by atoms with E-state index in [2.05, 4.69) is 26.6 Å². The molecule has 156 valence electrons. The monoisotopic (exact) mass is 474 g/mol. The number of halogens is 1. The summed E-state index contributed by atoms with van der Waals surface area (Å²) in [6, 6.07) is 26.7. The lowest BCUT2D eigenvalue weighted by Gasteiger charge is -2.11. The molecule has 0 aliphatic carbocycles. The molecule has 0 heterocycles. The van der Waals surface area contributed by atoms with Crippen LogP contribution in [-0.4, -0.2) is 18.4 Å². The molecule has 3 rings (SSSR count). The number of rotatable bonds is 8. The smallest absolute Gasteiger partial charge is 0.267 e. The van der Waals surface area contributed by atoms with Gasteiger partial charge in [0.25, 0.3) is 11.8 Å². The Hall–Kier alpha value is -3.44. The Morgan fingerprint density at radius 3 is 2.29 bits per heavy atom. The van der Waals surface area contributed by atoms with Crippen LogP contribution in [-0.2, 0) is 11.2 Å². The van der Waals surface area contributed by atoms with Crippen LogP contribution in [0.25, 0.3) is 6.08 Å². The second-order valence-electron chi connectivity index (χ2n) is 6.81. The number of hydrogen-bond donors (Lipinski definition) is 2. The molecule has 0 saturated carbocycles. The first kappa shape index (κ1) is 22.2. The number of allylic oxidation sites excluding steroid dienone is 2. The van der Waals surface area contributed by atoms with Crippen molar-refractivity contribution in [2.24, 2.45) is 0 Å². The first-order valence-corrected chi connectivity index (χ1v) is 10.7. The van der Waals surface area contributed by atoms with E-state index in [-0.39, 0.29) is 17.5 Å². The van der Waals surface area contributed by atoms with Crippen LogP contribution in [0, 0.1) is 0 Å². The molecule has 0 fully saturated rings. The average molecular weight is 475 g/mol. The Bertz CT molecular complexity index is 1080. The van der Waals surface area contributed by atoms with Gasteiger partial charge in [0.05, 0.1) is 0 Å². The highest BCUT2D eigenvalue weighted by atomic mass is 79.9. The molecule has 2 N–H and O–H groups in total. The first-order chi connectivity index (χ1) is 15.1. The average Bonchev–Trinajstić information content (AvgIpc) is 2.79. The summed E-state index contributed by atoms with van der Waals surface area (Å²) in [5.74, 6) is -0.684. The molecule has 5 heteroatoms. The molecule has 0 unspecified atom stereocenters. The number of amides is 2. The minimum Gasteiger partial charge on any atom is -0.350 e. The Morgan fingerprint density at radius 1 is 0.871 bits per heavy atom. The topological polar surface area (TPSA) is 58.2 Å². The summed E-state index contributed by atoms with van der Waals surface area (Å²) in [4.78, 5) is 25.4. The second kappa shape index (κ2) is 11.7. The van der Waals surface area contributed by atoms with Gasteiger partial charge in [-0.3, -0.25) is 9.59 Å². The zero-order valence-electron chi connectivity index (χ0n) is 16.9. The lowest BCUT2D eigenvalue weighted by atomic mass is 10.1. The fraction of sp³-hybridized carbons (Fsp3) is 0.0769. The van der Waals surface area contributed by atoms with Crippen molar-refractivity contribution in [3.8, 4) is 0 Å². The maximum absolute atomic E-state index is 12.8. The summed E-state index contributed by atoms with van der Waals surface area (Å²) in [6.07, 6.45) is 5.95. The van der Waals surface area contributed by atoms with Crippen LogP contribution in [0.4, 0.5) is 0 Å². The predicted octanol–water partition coefficient (Wildman–Crippen LogP) is 5.14. The van der Waals surface area contributed by atoms with Crippen LogP contribution in [0.2, 0.25) is 0 Å². The number of carbonyl (C=O) groups is 2. The molecule has 0 aliphatic heterocycles. The largest absolute Gasteiger partial charge is 0.350 e. The van der Waals surface area contributed by atoms with Crippen molar-refractivity contribution >= 4 is 33.8 Å². The van der Waals surface area contributed by atoms with Gasteiger partial charge < -0.3 is 10.6 Å². The van der Waals surface area contributed by atoms with Gasteiger partial charge in [-0.25, -0.2) is 0 Å². The quantitative estimate of drug-likeness (QED) is 0.351.